The number of benzene rings is 8. The topological polar surface area (TPSA) is 146 Å². The molecule has 8 aromatic carbocycles. The SMILES string of the molecule is O=S(=O)(O)c1c(Oc2ccccc2)cc2cc(Oc3ccccc3)ccc2c1-c1c(S(=O)(=O)O)c(Oc2ccccc2)cc2cc(Oc3ccccc3)ccc12. The molecule has 0 fully saturated rings. The van der Waals surface area contributed by atoms with Crippen LogP contribution in [-0.2, 0) is 20.2 Å². The Balaban J connectivity index is 1.49. The summed E-state index contributed by atoms with van der Waals surface area (Å²) in [5.74, 6) is 1.58. The van der Waals surface area contributed by atoms with Crippen molar-refractivity contribution in [3.05, 3.63) is 170 Å². The van der Waals surface area contributed by atoms with Crippen LogP contribution in [-0.4, -0.2) is 25.9 Å². The first kappa shape index (κ1) is 36.3. The second-order valence-corrected chi connectivity index (χ2v) is 15.3. The molecule has 0 aliphatic rings. The zero-order valence-corrected chi connectivity index (χ0v) is 30.8. The molecule has 8 rings (SSSR count). The summed E-state index contributed by atoms with van der Waals surface area (Å²) in [7, 11) is -10.5. The monoisotopic (exact) mass is 782 g/mol. The van der Waals surface area contributed by atoms with Crippen molar-refractivity contribution >= 4 is 41.8 Å². The van der Waals surface area contributed by atoms with Gasteiger partial charge < -0.3 is 18.9 Å². The summed E-state index contributed by atoms with van der Waals surface area (Å²) in [4.78, 5) is -1.50. The van der Waals surface area contributed by atoms with E-state index in [0.717, 1.165) is 0 Å². The van der Waals surface area contributed by atoms with Gasteiger partial charge in [-0.2, -0.15) is 16.8 Å². The van der Waals surface area contributed by atoms with Gasteiger partial charge in [-0.25, -0.2) is 0 Å². The van der Waals surface area contributed by atoms with Gasteiger partial charge in [0.25, 0.3) is 20.2 Å². The first-order chi connectivity index (χ1) is 27.0. The Kier molecular flexibility index (Phi) is 9.62. The predicted octanol–water partition coefficient (Wildman–Crippen LogP) is 11.3. The van der Waals surface area contributed by atoms with Gasteiger partial charge in [-0.15, -0.1) is 0 Å². The second kappa shape index (κ2) is 14.9. The fourth-order valence-corrected chi connectivity index (χ4v) is 8.10. The minimum atomic E-state index is -5.23. The molecule has 0 aliphatic heterocycles. The van der Waals surface area contributed by atoms with Crippen LogP contribution in [0.2, 0.25) is 0 Å². The molecule has 0 radical (unpaired) electrons. The molecule has 0 saturated heterocycles. The average Bonchev–Trinajstić information content (AvgIpc) is 3.17. The van der Waals surface area contributed by atoms with E-state index in [1.807, 2.05) is 12.1 Å². The lowest BCUT2D eigenvalue weighted by molar-refractivity contribution is 0.447. The highest BCUT2D eigenvalue weighted by atomic mass is 32.2. The van der Waals surface area contributed by atoms with Crippen molar-refractivity contribution in [3.63, 3.8) is 0 Å². The molecule has 0 amide bonds. The number of hydrogen-bond donors (Lipinski definition) is 2. The van der Waals surface area contributed by atoms with E-state index in [2.05, 4.69) is 0 Å². The molecule has 12 heteroatoms. The Morgan fingerprint density at radius 2 is 0.643 bits per heavy atom. The van der Waals surface area contributed by atoms with E-state index in [0.29, 0.717) is 33.8 Å². The van der Waals surface area contributed by atoms with Crippen molar-refractivity contribution in [3.8, 4) is 57.1 Å². The lowest BCUT2D eigenvalue weighted by atomic mass is 9.92. The van der Waals surface area contributed by atoms with Crippen molar-refractivity contribution in [2.24, 2.45) is 0 Å². The molecular weight excluding hydrogens is 753 g/mol. The minimum absolute atomic E-state index is 0.172. The summed E-state index contributed by atoms with van der Waals surface area (Å²) >= 11 is 0. The Morgan fingerprint density at radius 1 is 0.339 bits per heavy atom. The summed E-state index contributed by atoms with van der Waals surface area (Å²) < 4.78 is 102. The molecule has 56 heavy (non-hydrogen) atoms. The van der Waals surface area contributed by atoms with Gasteiger partial charge in [-0.05, 0) is 106 Å². The first-order valence-corrected chi connectivity index (χ1v) is 20.0. The van der Waals surface area contributed by atoms with Gasteiger partial charge in [0.2, 0.25) is 0 Å². The van der Waals surface area contributed by atoms with Crippen LogP contribution < -0.4 is 18.9 Å². The highest BCUT2D eigenvalue weighted by molar-refractivity contribution is 7.86. The molecule has 278 valence electrons. The third-order valence-corrected chi connectivity index (χ3v) is 10.6. The maximum absolute atomic E-state index is 13.7. The van der Waals surface area contributed by atoms with Crippen molar-refractivity contribution in [1.82, 2.24) is 0 Å². The number of fused-ring (bicyclic) bond motifs is 2. The molecule has 0 bridgehead atoms. The number of ether oxygens (including phenoxy) is 4. The van der Waals surface area contributed by atoms with E-state index in [1.165, 1.54) is 12.1 Å². The predicted molar refractivity (Wildman–Crippen MR) is 213 cm³/mol. The van der Waals surface area contributed by atoms with Crippen LogP contribution in [0.1, 0.15) is 0 Å². The van der Waals surface area contributed by atoms with Crippen LogP contribution in [0.5, 0.6) is 46.0 Å². The van der Waals surface area contributed by atoms with Gasteiger partial charge in [-0.3, -0.25) is 9.11 Å². The Labute approximate surface area is 322 Å². The van der Waals surface area contributed by atoms with E-state index in [4.69, 9.17) is 18.9 Å². The molecule has 0 aliphatic carbocycles. The van der Waals surface area contributed by atoms with Crippen molar-refractivity contribution in [1.29, 1.82) is 0 Å². The molecule has 0 unspecified atom stereocenters. The van der Waals surface area contributed by atoms with Gasteiger partial charge in [-0.1, -0.05) is 84.9 Å². The van der Waals surface area contributed by atoms with Crippen LogP contribution in [0.4, 0.5) is 0 Å². The van der Waals surface area contributed by atoms with E-state index in [9.17, 15) is 25.9 Å². The smallest absolute Gasteiger partial charge is 0.298 e. The molecule has 2 N–H and O–H groups in total. The van der Waals surface area contributed by atoms with Crippen LogP contribution in [0.3, 0.4) is 0 Å². The summed E-state index contributed by atoms with van der Waals surface area (Å²) in [6.45, 7) is 0. The fraction of sp³-hybridized carbons (Fsp3) is 0. The maximum atomic E-state index is 13.7. The molecule has 10 nitrogen and oxygen atoms in total. The number of hydrogen-bond acceptors (Lipinski definition) is 8. The van der Waals surface area contributed by atoms with Gasteiger partial charge in [0.05, 0.1) is 0 Å². The normalized spacial score (nSPS) is 11.7. The number of rotatable bonds is 11. The lowest BCUT2D eigenvalue weighted by Crippen LogP contribution is -2.09. The van der Waals surface area contributed by atoms with Gasteiger partial charge >= 0.3 is 0 Å². The van der Waals surface area contributed by atoms with Crippen molar-refractivity contribution < 1.29 is 44.9 Å². The highest BCUT2D eigenvalue weighted by Gasteiger charge is 2.34. The van der Waals surface area contributed by atoms with Crippen LogP contribution in [0.25, 0.3) is 32.7 Å². The van der Waals surface area contributed by atoms with Gasteiger partial charge in [0, 0.05) is 11.1 Å². The molecule has 0 spiro atoms. The minimum Gasteiger partial charge on any atom is -0.457 e. The highest BCUT2D eigenvalue weighted by Crippen LogP contribution is 2.51. The van der Waals surface area contributed by atoms with E-state index >= 15 is 0 Å². The van der Waals surface area contributed by atoms with Crippen LogP contribution in [0, 0.1) is 0 Å². The van der Waals surface area contributed by atoms with Gasteiger partial charge in [0.1, 0.15) is 55.8 Å². The number of para-hydroxylation sites is 4. The standard InChI is InChI=1S/C44H30O10S2/c45-55(46,47)43-39(53-33-17-9-3-10-18-33)27-29-25-35(51-31-13-5-1-6-14-31)21-23-37(29)41(43)42-38-24-22-36(52-32-15-7-2-8-16-32)26-30(38)28-40(44(42)56(48,49)50)54-34-19-11-4-12-20-34/h1-28H,(H,45,46,47)(H,48,49,50). The fourth-order valence-electron chi connectivity index (χ4n) is 6.45. The second-order valence-electron chi connectivity index (χ2n) is 12.5. The summed E-state index contributed by atoms with van der Waals surface area (Å²) in [6, 6.07) is 46.9. The van der Waals surface area contributed by atoms with E-state index in [-0.39, 0.29) is 44.9 Å². The zero-order valence-electron chi connectivity index (χ0n) is 29.1. The maximum Gasteiger partial charge on any atom is 0.298 e. The third kappa shape index (κ3) is 7.63. The summed E-state index contributed by atoms with van der Waals surface area (Å²) in [5.41, 5.74) is -0.565. The largest absolute Gasteiger partial charge is 0.457 e. The molecule has 8 aromatic rings. The average molecular weight is 783 g/mol. The van der Waals surface area contributed by atoms with Crippen molar-refractivity contribution in [2.45, 2.75) is 9.79 Å². The van der Waals surface area contributed by atoms with E-state index < -0.39 is 30.0 Å². The third-order valence-electron chi connectivity index (χ3n) is 8.73. The zero-order chi connectivity index (χ0) is 38.9. The van der Waals surface area contributed by atoms with Crippen LogP contribution >= 0.6 is 0 Å². The van der Waals surface area contributed by atoms with Crippen molar-refractivity contribution in [2.75, 3.05) is 0 Å². The Bertz CT molecular complexity index is 2740. The lowest BCUT2D eigenvalue weighted by Gasteiger charge is -2.22. The van der Waals surface area contributed by atoms with E-state index in [1.54, 1.807) is 146 Å². The molecule has 0 heterocycles. The molecule has 0 aromatic heterocycles. The summed E-state index contributed by atoms with van der Waals surface area (Å²) in [5, 5.41) is 1.04. The molecule has 0 saturated carbocycles. The summed E-state index contributed by atoms with van der Waals surface area (Å²) in [6.07, 6.45) is 0. The van der Waals surface area contributed by atoms with Crippen LogP contribution in [0.15, 0.2) is 180 Å². The Hall–Kier alpha value is -6.70. The quantitative estimate of drug-likeness (QED) is 0.122. The Morgan fingerprint density at radius 3 is 0.946 bits per heavy atom. The first-order valence-electron chi connectivity index (χ1n) is 17.1. The molecular formula is C44H30O10S2. The van der Waals surface area contributed by atoms with Gasteiger partial charge in [0.15, 0.2) is 0 Å². The molecule has 0 atom stereocenters.